The van der Waals surface area contributed by atoms with Crippen LogP contribution in [0, 0.1) is 17.2 Å². The molecule has 0 aliphatic heterocycles. The van der Waals surface area contributed by atoms with Crippen LogP contribution in [0.2, 0.25) is 0 Å². The van der Waals surface area contributed by atoms with E-state index in [-0.39, 0.29) is 0 Å². The van der Waals surface area contributed by atoms with Gasteiger partial charge in [-0.25, -0.2) is 0 Å². The van der Waals surface area contributed by atoms with Gasteiger partial charge in [0.2, 0.25) is 0 Å². The zero-order valence-corrected chi connectivity index (χ0v) is 11.9. The van der Waals surface area contributed by atoms with E-state index in [9.17, 15) is 0 Å². The van der Waals surface area contributed by atoms with Gasteiger partial charge in [0, 0.05) is 18.7 Å². The molecule has 3 rings (SSSR count). The summed E-state index contributed by atoms with van der Waals surface area (Å²) in [5.74, 6) is 0.553. The molecular formula is C16H19N5. The highest BCUT2D eigenvalue weighted by molar-refractivity contribution is 5.93. The molecule has 2 aromatic rings. The van der Waals surface area contributed by atoms with Crippen molar-refractivity contribution in [2.24, 2.45) is 5.92 Å². The smallest absolute Gasteiger partial charge is 0.114 e. The maximum Gasteiger partial charge on any atom is 0.114 e. The number of anilines is 2. The quantitative estimate of drug-likeness (QED) is 0.902. The van der Waals surface area contributed by atoms with Crippen molar-refractivity contribution in [1.29, 1.82) is 5.26 Å². The number of rotatable bonds is 3. The zero-order chi connectivity index (χ0) is 14.7. The van der Waals surface area contributed by atoms with Gasteiger partial charge in [0.15, 0.2) is 0 Å². The van der Waals surface area contributed by atoms with Crippen molar-refractivity contribution in [2.75, 3.05) is 11.1 Å². The van der Waals surface area contributed by atoms with Crippen molar-refractivity contribution in [3.8, 4) is 6.07 Å². The van der Waals surface area contributed by atoms with E-state index < -0.39 is 0 Å². The van der Waals surface area contributed by atoms with E-state index in [0.29, 0.717) is 24.1 Å². The van der Waals surface area contributed by atoms with Gasteiger partial charge < -0.3 is 11.1 Å². The lowest BCUT2D eigenvalue weighted by atomic mass is 9.84. The van der Waals surface area contributed by atoms with E-state index in [0.717, 1.165) is 42.4 Å². The lowest BCUT2D eigenvalue weighted by Gasteiger charge is -2.29. The summed E-state index contributed by atoms with van der Waals surface area (Å²) in [6, 6.07) is 6.49. The summed E-state index contributed by atoms with van der Waals surface area (Å²) in [5, 5.41) is 12.3. The van der Waals surface area contributed by atoms with Crippen molar-refractivity contribution in [3.05, 3.63) is 24.5 Å². The van der Waals surface area contributed by atoms with E-state index in [1.165, 1.54) is 0 Å². The van der Waals surface area contributed by atoms with Crippen molar-refractivity contribution in [2.45, 2.75) is 38.1 Å². The second-order valence-electron chi connectivity index (χ2n) is 5.68. The van der Waals surface area contributed by atoms with Crippen molar-refractivity contribution in [3.63, 3.8) is 0 Å². The van der Waals surface area contributed by atoms with Gasteiger partial charge in [0.25, 0.3) is 0 Å². The topological polar surface area (TPSA) is 87.6 Å². The number of nitriles is 1. The summed E-state index contributed by atoms with van der Waals surface area (Å²) < 4.78 is 0. The van der Waals surface area contributed by atoms with Crippen LogP contribution < -0.4 is 11.1 Å². The molecular weight excluding hydrogens is 262 g/mol. The Balaban J connectivity index is 1.77. The Labute approximate surface area is 124 Å². The largest absolute Gasteiger partial charge is 0.396 e. The van der Waals surface area contributed by atoms with E-state index in [2.05, 4.69) is 21.4 Å². The average molecular weight is 281 g/mol. The number of fused-ring (bicyclic) bond motifs is 1. The first-order valence-corrected chi connectivity index (χ1v) is 7.40. The number of hydrogen-bond donors (Lipinski definition) is 2. The summed E-state index contributed by atoms with van der Waals surface area (Å²) >= 11 is 0. The maximum absolute atomic E-state index is 8.78. The SMILES string of the molecule is N#CCC1CCC(Nc2c(N)cnc3cccnc23)CC1. The van der Waals surface area contributed by atoms with E-state index >= 15 is 0 Å². The van der Waals surface area contributed by atoms with Crippen LogP contribution in [0.3, 0.4) is 0 Å². The van der Waals surface area contributed by atoms with Gasteiger partial charge in [-0.1, -0.05) is 0 Å². The van der Waals surface area contributed by atoms with Crippen LogP contribution in [-0.4, -0.2) is 16.0 Å². The van der Waals surface area contributed by atoms with Gasteiger partial charge in [0.05, 0.1) is 29.2 Å². The third-order valence-electron chi connectivity index (χ3n) is 4.23. The van der Waals surface area contributed by atoms with Crippen LogP contribution in [0.4, 0.5) is 11.4 Å². The van der Waals surface area contributed by atoms with Gasteiger partial charge >= 0.3 is 0 Å². The number of nitrogens with two attached hydrogens (primary N) is 1. The second kappa shape index (κ2) is 5.96. The summed E-state index contributed by atoms with van der Waals surface area (Å²) in [7, 11) is 0. The highest BCUT2D eigenvalue weighted by atomic mass is 15.0. The molecule has 1 saturated carbocycles. The predicted molar refractivity (Wildman–Crippen MR) is 83.5 cm³/mol. The van der Waals surface area contributed by atoms with Crippen molar-refractivity contribution < 1.29 is 0 Å². The molecule has 0 spiro atoms. The fourth-order valence-corrected chi connectivity index (χ4v) is 3.03. The number of pyridine rings is 2. The molecule has 0 atom stereocenters. The molecule has 2 aromatic heterocycles. The Hall–Kier alpha value is -2.35. The fourth-order valence-electron chi connectivity index (χ4n) is 3.03. The molecule has 0 saturated heterocycles. The van der Waals surface area contributed by atoms with E-state index in [1.54, 1.807) is 12.4 Å². The number of nitrogens with zero attached hydrogens (tertiary/aromatic N) is 3. The zero-order valence-electron chi connectivity index (χ0n) is 11.9. The molecule has 2 heterocycles. The number of aromatic nitrogens is 2. The molecule has 108 valence electrons. The molecule has 0 amide bonds. The van der Waals surface area contributed by atoms with Crippen LogP contribution >= 0.6 is 0 Å². The Kier molecular flexibility index (Phi) is 3.87. The number of nitrogens with one attached hydrogen (secondary N) is 1. The number of nitrogen functional groups attached to an aromatic ring is 1. The molecule has 5 heteroatoms. The van der Waals surface area contributed by atoms with Gasteiger partial charge in [-0.05, 0) is 43.7 Å². The first kappa shape index (κ1) is 13.6. The van der Waals surface area contributed by atoms with Crippen LogP contribution in [0.15, 0.2) is 24.5 Å². The molecule has 5 nitrogen and oxygen atoms in total. The Morgan fingerprint density at radius 1 is 1.29 bits per heavy atom. The Morgan fingerprint density at radius 2 is 2.10 bits per heavy atom. The van der Waals surface area contributed by atoms with E-state index in [1.807, 2.05) is 12.1 Å². The minimum atomic E-state index is 0.398. The summed E-state index contributed by atoms with van der Waals surface area (Å²) in [4.78, 5) is 8.71. The first-order valence-electron chi connectivity index (χ1n) is 7.40. The second-order valence-corrected chi connectivity index (χ2v) is 5.68. The third-order valence-corrected chi connectivity index (χ3v) is 4.23. The standard InChI is InChI=1S/C16H19N5/c17-8-7-11-3-5-12(6-4-11)21-15-13(18)10-20-14-2-1-9-19-16(14)15/h1-2,9-12H,3-7,18H2,(H,20,21). The molecule has 3 N–H and O–H groups in total. The molecule has 1 aliphatic carbocycles. The summed E-state index contributed by atoms with van der Waals surface area (Å²) in [5.41, 5.74) is 9.29. The Bertz CT molecular complexity index is 668. The third kappa shape index (κ3) is 2.89. The van der Waals surface area contributed by atoms with Crippen LogP contribution in [-0.2, 0) is 0 Å². The fraction of sp³-hybridized carbons (Fsp3) is 0.438. The normalized spacial score (nSPS) is 21.9. The molecule has 0 radical (unpaired) electrons. The Morgan fingerprint density at radius 3 is 2.86 bits per heavy atom. The molecule has 21 heavy (non-hydrogen) atoms. The molecule has 0 bridgehead atoms. The van der Waals surface area contributed by atoms with E-state index in [4.69, 9.17) is 11.0 Å². The summed E-state index contributed by atoms with van der Waals surface area (Å²) in [6.45, 7) is 0. The first-order chi connectivity index (χ1) is 10.3. The minimum absolute atomic E-state index is 0.398. The predicted octanol–water partition coefficient (Wildman–Crippen LogP) is 3.10. The lowest BCUT2D eigenvalue weighted by Crippen LogP contribution is -2.26. The average Bonchev–Trinajstić information content (AvgIpc) is 2.52. The number of hydrogen-bond acceptors (Lipinski definition) is 5. The lowest BCUT2D eigenvalue weighted by molar-refractivity contribution is 0.343. The summed E-state index contributed by atoms with van der Waals surface area (Å²) in [6.07, 6.45) is 8.47. The van der Waals surface area contributed by atoms with Gasteiger partial charge in [-0.3, -0.25) is 9.97 Å². The van der Waals surface area contributed by atoms with Crippen LogP contribution in [0.25, 0.3) is 11.0 Å². The molecule has 0 unspecified atom stereocenters. The molecule has 0 aromatic carbocycles. The molecule has 1 aliphatic rings. The highest BCUT2D eigenvalue weighted by Gasteiger charge is 2.22. The van der Waals surface area contributed by atoms with Gasteiger partial charge in [-0.2, -0.15) is 5.26 Å². The van der Waals surface area contributed by atoms with Crippen molar-refractivity contribution in [1.82, 2.24) is 9.97 Å². The van der Waals surface area contributed by atoms with Gasteiger partial charge in [0.1, 0.15) is 5.52 Å². The monoisotopic (exact) mass is 281 g/mol. The van der Waals surface area contributed by atoms with Crippen molar-refractivity contribution >= 4 is 22.4 Å². The highest BCUT2D eigenvalue weighted by Crippen LogP contribution is 2.32. The van der Waals surface area contributed by atoms with Gasteiger partial charge in [-0.15, -0.1) is 0 Å². The van der Waals surface area contributed by atoms with Crippen LogP contribution in [0.5, 0.6) is 0 Å². The minimum Gasteiger partial charge on any atom is -0.396 e. The van der Waals surface area contributed by atoms with Crippen LogP contribution in [0.1, 0.15) is 32.1 Å². The molecule has 1 fully saturated rings. The maximum atomic E-state index is 8.78.